The first-order valence-corrected chi connectivity index (χ1v) is 10.2. The van der Waals surface area contributed by atoms with Crippen LogP contribution >= 0.6 is 0 Å². The Balaban J connectivity index is 2.04. The maximum atomic E-state index is 13.1. The van der Waals surface area contributed by atoms with Crippen molar-refractivity contribution in [1.82, 2.24) is 10.2 Å². The minimum atomic E-state index is -0.516. The summed E-state index contributed by atoms with van der Waals surface area (Å²) < 4.78 is 5.41. The number of nitrogens with zero attached hydrogens (tertiary/aromatic N) is 1. The molecule has 0 bridgehead atoms. The smallest absolute Gasteiger partial charge is 0.251 e. The van der Waals surface area contributed by atoms with Crippen LogP contribution in [0, 0.1) is 5.92 Å². The third-order valence-electron chi connectivity index (χ3n) is 5.37. The van der Waals surface area contributed by atoms with Gasteiger partial charge in [-0.05, 0) is 49.9 Å². The molecule has 1 aliphatic carbocycles. The number of nitrogens with one attached hydrogen (secondary N) is 1. The summed E-state index contributed by atoms with van der Waals surface area (Å²) in [4.78, 5) is 27.6. The fraction of sp³-hybridized carbons (Fsp3) is 0.636. The van der Waals surface area contributed by atoms with E-state index in [1.54, 1.807) is 24.3 Å². The number of likely N-dealkylation sites (N-methyl/N-ethyl adjacent to an activating group) is 1. The van der Waals surface area contributed by atoms with Crippen molar-refractivity contribution in [2.75, 3.05) is 13.7 Å². The molecule has 0 saturated heterocycles. The van der Waals surface area contributed by atoms with Crippen LogP contribution in [-0.4, -0.2) is 42.5 Å². The largest absolute Gasteiger partial charge is 0.494 e. The van der Waals surface area contributed by atoms with Crippen molar-refractivity contribution in [2.24, 2.45) is 5.92 Å². The highest BCUT2D eigenvalue weighted by Gasteiger charge is 2.30. The van der Waals surface area contributed by atoms with Gasteiger partial charge in [0.1, 0.15) is 11.8 Å². The third-order valence-corrected chi connectivity index (χ3v) is 5.37. The average molecular weight is 375 g/mol. The zero-order valence-corrected chi connectivity index (χ0v) is 17.2. The van der Waals surface area contributed by atoms with Crippen LogP contribution in [0.25, 0.3) is 0 Å². The molecule has 27 heavy (non-hydrogen) atoms. The second kappa shape index (κ2) is 10.3. The lowest BCUT2D eigenvalue weighted by Gasteiger charge is -2.32. The summed E-state index contributed by atoms with van der Waals surface area (Å²) in [5.41, 5.74) is 0.536. The van der Waals surface area contributed by atoms with Crippen LogP contribution in [0.5, 0.6) is 5.75 Å². The highest BCUT2D eigenvalue weighted by atomic mass is 16.5. The number of amides is 2. The van der Waals surface area contributed by atoms with E-state index in [2.05, 4.69) is 5.32 Å². The van der Waals surface area contributed by atoms with Gasteiger partial charge in [-0.1, -0.05) is 39.5 Å². The quantitative estimate of drug-likeness (QED) is 0.733. The van der Waals surface area contributed by atoms with Gasteiger partial charge in [-0.15, -0.1) is 0 Å². The third kappa shape index (κ3) is 5.98. The molecule has 150 valence electrons. The molecule has 1 N–H and O–H groups in total. The molecule has 1 aromatic carbocycles. The number of carbonyl (C=O) groups excluding carboxylic acids is 2. The number of hydrogen-bond donors (Lipinski definition) is 1. The molecule has 5 nitrogen and oxygen atoms in total. The van der Waals surface area contributed by atoms with Crippen molar-refractivity contribution < 1.29 is 14.3 Å². The van der Waals surface area contributed by atoms with E-state index in [4.69, 9.17) is 4.74 Å². The molecule has 1 saturated carbocycles. The average Bonchev–Trinajstić information content (AvgIpc) is 2.95. The van der Waals surface area contributed by atoms with Crippen LogP contribution in [-0.2, 0) is 4.79 Å². The maximum Gasteiger partial charge on any atom is 0.251 e. The molecule has 0 unspecified atom stereocenters. The zero-order chi connectivity index (χ0) is 19.8. The topological polar surface area (TPSA) is 58.6 Å². The number of ether oxygens (including phenoxy) is 1. The van der Waals surface area contributed by atoms with Gasteiger partial charge >= 0.3 is 0 Å². The molecule has 0 aromatic heterocycles. The Hall–Kier alpha value is -2.04. The Labute approximate surface area is 163 Å². The molecule has 0 radical (unpaired) electrons. The first-order valence-electron chi connectivity index (χ1n) is 10.2. The first-order chi connectivity index (χ1) is 12.9. The normalized spacial score (nSPS) is 16.5. The monoisotopic (exact) mass is 374 g/mol. The second-order valence-corrected chi connectivity index (χ2v) is 7.75. The number of carbonyl (C=O) groups is 2. The van der Waals surface area contributed by atoms with Crippen molar-refractivity contribution in [3.05, 3.63) is 29.8 Å². The van der Waals surface area contributed by atoms with Gasteiger partial charge in [0.2, 0.25) is 5.91 Å². The van der Waals surface area contributed by atoms with Crippen molar-refractivity contribution >= 4 is 11.8 Å². The highest BCUT2D eigenvalue weighted by molar-refractivity contribution is 5.97. The molecule has 0 heterocycles. The number of benzene rings is 1. The van der Waals surface area contributed by atoms with E-state index in [9.17, 15) is 9.59 Å². The molecule has 1 fully saturated rings. The van der Waals surface area contributed by atoms with Crippen LogP contribution in [0.15, 0.2) is 24.3 Å². The van der Waals surface area contributed by atoms with Crippen LogP contribution in [0.3, 0.4) is 0 Å². The highest BCUT2D eigenvalue weighted by Crippen LogP contribution is 2.22. The van der Waals surface area contributed by atoms with Crippen LogP contribution < -0.4 is 10.1 Å². The van der Waals surface area contributed by atoms with Gasteiger partial charge in [0.15, 0.2) is 0 Å². The Bertz CT molecular complexity index is 604. The minimum Gasteiger partial charge on any atom is -0.494 e. The van der Waals surface area contributed by atoms with Gasteiger partial charge in [-0.3, -0.25) is 9.59 Å². The van der Waals surface area contributed by atoms with Gasteiger partial charge in [0.05, 0.1) is 6.61 Å². The summed E-state index contributed by atoms with van der Waals surface area (Å²) in [6.45, 7) is 6.46. The molecule has 1 aromatic rings. The minimum absolute atomic E-state index is 0.0104. The molecule has 1 atom stereocenters. The van der Waals surface area contributed by atoms with E-state index < -0.39 is 6.04 Å². The van der Waals surface area contributed by atoms with Gasteiger partial charge in [-0.2, -0.15) is 0 Å². The lowest BCUT2D eigenvalue weighted by molar-refractivity contribution is -0.135. The lowest BCUT2D eigenvalue weighted by atomic mass is 10.00. The van der Waals surface area contributed by atoms with Crippen LogP contribution in [0.1, 0.15) is 69.7 Å². The molecule has 2 amide bonds. The summed E-state index contributed by atoms with van der Waals surface area (Å²) in [5, 5.41) is 2.95. The molecule has 0 aliphatic heterocycles. The van der Waals surface area contributed by atoms with E-state index in [0.717, 1.165) is 18.6 Å². The molecule has 0 spiro atoms. The van der Waals surface area contributed by atoms with Crippen molar-refractivity contribution in [2.45, 2.75) is 71.4 Å². The molecule has 5 heteroatoms. The summed E-state index contributed by atoms with van der Waals surface area (Å²) in [5.74, 6) is 0.548. The van der Waals surface area contributed by atoms with Crippen molar-refractivity contribution in [3.8, 4) is 5.75 Å². The van der Waals surface area contributed by atoms with E-state index in [1.165, 1.54) is 25.7 Å². The predicted molar refractivity (Wildman–Crippen MR) is 108 cm³/mol. The summed E-state index contributed by atoms with van der Waals surface area (Å²) in [6.07, 6.45) is 6.96. The summed E-state index contributed by atoms with van der Waals surface area (Å²) in [7, 11) is 1.89. The standard InChI is InChI=1S/C22H34N2O3/c1-5-27-19-14-12-17(13-15-19)21(25)23-20(16(2)3)22(26)24(4)18-10-8-6-7-9-11-18/h12-16,18,20H,5-11H2,1-4H3,(H,23,25)/t20-/m0/s1. The van der Waals surface area contributed by atoms with Crippen molar-refractivity contribution in [3.63, 3.8) is 0 Å². The molecular weight excluding hydrogens is 340 g/mol. The van der Waals surface area contributed by atoms with Gasteiger partial charge < -0.3 is 15.0 Å². The fourth-order valence-electron chi connectivity index (χ4n) is 3.65. The van der Waals surface area contributed by atoms with E-state index in [-0.39, 0.29) is 23.8 Å². The van der Waals surface area contributed by atoms with Gasteiger partial charge in [-0.25, -0.2) is 0 Å². The Kier molecular flexibility index (Phi) is 8.14. The Morgan fingerprint density at radius 2 is 1.70 bits per heavy atom. The second-order valence-electron chi connectivity index (χ2n) is 7.75. The lowest BCUT2D eigenvalue weighted by Crippen LogP contribution is -2.52. The number of hydrogen-bond acceptors (Lipinski definition) is 3. The zero-order valence-electron chi connectivity index (χ0n) is 17.2. The van der Waals surface area contributed by atoms with Crippen LogP contribution in [0.2, 0.25) is 0 Å². The van der Waals surface area contributed by atoms with Gasteiger partial charge in [0.25, 0.3) is 5.91 Å². The Morgan fingerprint density at radius 3 is 2.22 bits per heavy atom. The number of rotatable bonds is 7. The molecule has 1 aliphatic rings. The summed E-state index contributed by atoms with van der Waals surface area (Å²) >= 11 is 0. The van der Waals surface area contributed by atoms with Gasteiger partial charge in [0, 0.05) is 18.7 Å². The van der Waals surface area contributed by atoms with Crippen LogP contribution in [0.4, 0.5) is 0 Å². The van der Waals surface area contributed by atoms with E-state index in [1.807, 2.05) is 32.7 Å². The Morgan fingerprint density at radius 1 is 1.11 bits per heavy atom. The molecule has 2 rings (SSSR count). The van der Waals surface area contributed by atoms with E-state index in [0.29, 0.717) is 12.2 Å². The van der Waals surface area contributed by atoms with E-state index >= 15 is 0 Å². The maximum absolute atomic E-state index is 13.1. The predicted octanol–water partition coefficient (Wildman–Crippen LogP) is 4.02. The molecular formula is C22H34N2O3. The van der Waals surface area contributed by atoms with Crippen molar-refractivity contribution in [1.29, 1.82) is 0 Å². The fourth-order valence-corrected chi connectivity index (χ4v) is 3.65. The first kappa shape index (κ1) is 21.3. The SMILES string of the molecule is CCOc1ccc(C(=O)N[C@H](C(=O)N(C)C2CCCCCC2)C(C)C)cc1. The summed E-state index contributed by atoms with van der Waals surface area (Å²) in [6, 6.07) is 6.79.